The zero-order chi connectivity index (χ0) is 13.7. The minimum absolute atomic E-state index is 0.0180. The van der Waals surface area contributed by atoms with Gasteiger partial charge in [-0.05, 0) is 18.6 Å². The lowest BCUT2D eigenvalue weighted by Gasteiger charge is -2.12. The minimum atomic E-state index is -2.81. The third-order valence-electron chi connectivity index (χ3n) is 2.13. The number of halogens is 3. The molecule has 1 rings (SSSR count). The monoisotopic (exact) mass is 279 g/mol. The molecule has 1 aromatic rings. The first kappa shape index (κ1) is 14.6. The highest BCUT2D eigenvalue weighted by Crippen LogP contribution is 2.32. The number of carbonyl (C=O) groups excluding carboxylic acids is 1. The maximum Gasteiger partial charge on any atom is 0.310 e. The summed E-state index contributed by atoms with van der Waals surface area (Å²) in [6, 6.07) is 1.21. The smallest absolute Gasteiger partial charge is 0.310 e. The van der Waals surface area contributed by atoms with E-state index >= 15 is 0 Å². The first-order valence-electron chi connectivity index (χ1n) is 5.16. The van der Waals surface area contributed by atoms with Crippen molar-refractivity contribution in [3.8, 4) is 5.88 Å². The van der Waals surface area contributed by atoms with E-state index in [0.717, 1.165) is 0 Å². The van der Waals surface area contributed by atoms with Gasteiger partial charge in [0.05, 0.1) is 25.7 Å². The number of hydrogen-bond acceptors (Lipinski definition) is 4. The Bertz CT molecular complexity index is 441. The minimum Gasteiger partial charge on any atom is -0.481 e. The van der Waals surface area contributed by atoms with Crippen molar-refractivity contribution < 1.29 is 23.0 Å². The second kappa shape index (κ2) is 6.49. The van der Waals surface area contributed by atoms with Crippen LogP contribution in [0, 0.1) is 0 Å². The Morgan fingerprint density at radius 2 is 2.22 bits per heavy atom. The highest BCUT2D eigenvalue weighted by Gasteiger charge is 2.23. The summed E-state index contributed by atoms with van der Waals surface area (Å²) in [6.07, 6.45) is -3.11. The molecule has 0 saturated heterocycles. The van der Waals surface area contributed by atoms with E-state index in [4.69, 9.17) is 21.1 Å². The Labute approximate surface area is 108 Å². The van der Waals surface area contributed by atoms with Gasteiger partial charge in [-0.1, -0.05) is 11.6 Å². The molecule has 0 aromatic carbocycles. The second-order valence-electron chi connectivity index (χ2n) is 3.31. The Hall–Kier alpha value is -1.43. The maximum atomic E-state index is 12.9. The van der Waals surface area contributed by atoms with Gasteiger partial charge in [0, 0.05) is 0 Å². The van der Waals surface area contributed by atoms with Crippen LogP contribution >= 0.6 is 11.6 Å². The summed E-state index contributed by atoms with van der Waals surface area (Å²) in [6.45, 7) is 1.81. The zero-order valence-corrected chi connectivity index (χ0v) is 10.6. The van der Waals surface area contributed by atoms with Crippen LogP contribution in [0.4, 0.5) is 8.78 Å². The first-order valence-corrected chi connectivity index (χ1v) is 5.54. The number of aromatic nitrogens is 1. The molecule has 0 atom stereocenters. The van der Waals surface area contributed by atoms with E-state index < -0.39 is 18.0 Å². The van der Waals surface area contributed by atoms with Crippen LogP contribution in [0.1, 0.15) is 24.5 Å². The highest BCUT2D eigenvalue weighted by atomic mass is 35.5. The number of pyridine rings is 1. The Morgan fingerprint density at radius 3 is 2.72 bits per heavy atom. The number of carbonyl (C=O) groups is 1. The topological polar surface area (TPSA) is 48.4 Å². The summed E-state index contributed by atoms with van der Waals surface area (Å²) in [5, 5.41) is -0.0180. The Morgan fingerprint density at radius 1 is 1.56 bits per heavy atom. The Balaban J connectivity index is 3.15. The number of rotatable bonds is 5. The van der Waals surface area contributed by atoms with Gasteiger partial charge in [0.15, 0.2) is 0 Å². The summed E-state index contributed by atoms with van der Waals surface area (Å²) in [5.41, 5.74) is -0.379. The van der Waals surface area contributed by atoms with E-state index in [0.29, 0.717) is 0 Å². The van der Waals surface area contributed by atoms with E-state index in [1.54, 1.807) is 6.92 Å². The second-order valence-corrected chi connectivity index (χ2v) is 3.70. The molecule has 0 spiro atoms. The van der Waals surface area contributed by atoms with Crippen LogP contribution in [0.3, 0.4) is 0 Å². The molecule has 0 saturated carbocycles. The molecule has 7 heteroatoms. The van der Waals surface area contributed by atoms with E-state index in [-0.39, 0.29) is 29.6 Å². The van der Waals surface area contributed by atoms with Gasteiger partial charge in [-0.25, -0.2) is 13.8 Å². The molecule has 1 heterocycles. The van der Waals surface area contributed by atoms with Gasteiger partial charge in [-0.2, -0.15) is 0 Å². The molecular weight excluding hydrogens is 268 g/mol. The molecule has 0 bridgehead atoms. The average Bonchev–Trinajstić information content (AvgIpc) is 2.27. The summed E-state index contributed by atoms with van der Waals surface area (Å²) < 4.78 is 35.3. The molecule has 0 aliphatic carbocycles. The highest BCUT2D eigenvalue weighted by molar-refractivity contribution is 6.29. The van der Waals surface area contributed by atoms with Crippen molar-refractivity contribution in [3.63, 3.8) is 0 Å². The summed E-state index contributed by atoms with van der Waals surface area (Å²) in [7, 11) is 1.21. The van der Waals surface area contributed by atoms with Crippen molar-refractivity contribution in [2.45, 2.75) is 19.8 Å². The number of esters is 1. The van der Waals surface area contributed by atoms with Crippen LogP contribution in [-0.2, 0) is 16.0 Å². The van der Waals surface area contributed by atoms with Crippen molar-refractivity contribution in [2.75, 3.05) is 13.7 Å². The first-order chi connectivity index (χ1) is 8.49. The van der Waals surface area contributed by atoms with Crippen LogP contribution in [0.15, 0.2) is 6.07 Å². The third kappa shape index (κ3) is 3.53. The standard InChI is InChI=1S/C11H12ClF2NO3/c1-3-18-8(16)5-6-4-7(12)15-11(17-2)9(6)10(13)14/h4,10H,3,5H2,1-2H3. The molecule has 0 fully saturated rings. The van der Waals surface area contributed by atoms with Gasteiger partial charge < -0.3 is 9.47 Å². The fourth-order valence-corrected chi connectivity index (χ4v) is 1.66. The van der Waals surface area contributed by atoms with Crippen LogP contribution < -0.4 is 4.74 Å². The molecule has 1 aromatic heterocycles. The fraction of sp³-hybridized carbons (Fsp3) is 0.455. The summed E-state index contributed by atoms with van der Waals surface area (Å²) in [5.74, 6) is -0.888. The van der Waals surface area contributed by atoms with E-state index in [2.05, 4.69) is 4.98 Å². The lowest BCUT2D eigenvalue weighted by Crippen LogP contribution is -2.11. The number of nitrogens with zero attached hydrogens (tertiary/aromatic N) is 1. The van der Waals surface area contributed by atoms with Crippen molar-refractivity contribution in [3.05, 3.63) is 22.3 Å². The summed E-state index contributed by atoms with van der Waals surface area (Å²) >= 11 is 5.68. The van der Waals surface area contributed by atoms with Gasteiger partial charge in [0.1, 0.15) is 5.15 Å². The van der Waals surface area contributed by atoms with Crippen molar-refractivity contribution >= 4 is 17.6 Å². The number of alkyl halides is 2. The van der Waals surface area contributed by atoms with Gasteiger partial charge >= 0.3 is 5.97 Å². The molecular formula is C11H12ClF2NO3. The fourth-order valence-electron chi connectivity index (χ4n) is 1.45. The van der Waals surface area contributed by atoms with Crippen molar-refractivity contribution in [1.82, 2.24) is 4.98 Å². The number of hydrogen-bond donors (Lipinski definition) is 0. The van der Waals surface area contributed by atoms with Gasteiger partial charge in [0.25, 0.3) is 6.43 Å². The normalized spacial score (nSPS) is 10.6. The maximum absolute atomic E-state index is 12.9. The predicted molar refractivity (Wildman–Crippen MR) is 61.1 cm³/mol. The molecule has 0 N–H and O–H groups in total. The lowest BCUT2D eigenvalue weighted by atomic mass is 10.1. The van der Waals surface area contributed by atoms with Crippen molar-refractivity contribution in [2.24, 2.45) is 0 Å². The molecule has 100 valence electrons. The van der Waals surface area contributed by atoms with Crippen LogP contribution in [0.5, 0.6) is 5.88 Å². The van der Waals surface area contributed by atoms with E-state index in [1.807, 2.05) is 0 Å². The van der Waals surface area contributed by atoms with Crippen molar-refractivity contribution in [1.29, 1.82) is 0 Å². The molecule has 18 heavy (non-hydrogen) atoms. The third-order valence-corrected chi connectivity index (χ3v) is 2.32. The van der Waals surface area contributed by atoms with Gasteiger partial charge in [-0.3, -0.25) is 4.79 Å². The van der Waals surface area contributed by atoms with Crippen LogP contribution in [0.2, 0.25) is 5.15 Å². The quantitative estimate of drug-likeness (QED) is 0.614. The molecule has 0 amide bonds. The average molecular weight is 280 g/mol. The van der Waals surface area contributed by atoms with Gasteiger partial charge in [0.2, 0.25) is 5.88 Å². The molecule has 0 aliphatic rings. The molecule has 0 unspecified atom stereocenters. The van der Waals surface area contributed by atoms with E-state index in [9.17, 15) is 13.6 Å². The summed E-state index contributed by atoms with van der Waals surface area (Å²) in [4.78, 5) is 15.0. The predicted octanol–water partition coefficient (Wildman–Crippen LogP) is 2.79. The zero-order valence-electron chi connectivity index (χ0n) is 9.87. The number of methoxy groups -OCH3 is 1. The Kier molecular flexibility index (Phi) is 5.27. The lowest BCUT2D eigenvalue weighted by molar-refractivity contribution is -0.142. The van der Waals surface area contributed by atoms with Crippen LogP contribution in [-0.4, -0.2) is 24.7 Å². The van der Waals surface area contributed by atoms with Gasteiger partial charge in [-0.15, -0.1) is 0 Å². The van der Waals surface area contributed by atoms with Crippen LogP contribution in [0.25, 0.3) is 0 Å². The molecule has 0 aliphatic heterocycles. The molecule has 4 nitrogen and oxygen atoms in total. The SMILES string of the molecule is CCOC(=O)Cc1cc(Cl)nc(OC)c1C(F)F. The number of ether oxygens (including phenoxy) is 2. The van der Waals surface area contributed by atoms with E-state index in [1.165, 1.54) is 13.2 Å². The molecule has 0 radical (unpaired) electrons. The largest absolute Gasteiger partial charge is 0.481 e.